The van der Waals surface area contributed by atoms with E-state index in [4.69, 9.17) is 17.2 Å². The number of nitrogens with one attached hydrogen (secondary N) is 3. The second-order valence-electron chi connectivity index (χ2n) is 8.96. The van der Waals surface area contributed by atoms with E-state index in [2.05, 4.69) is 21.1 Å². The fourth-order valence-corrected chi connectivity index (χ4v) is 3.97. The molecule has 0 aliphatic carbocycles. The number of aldehydes is 1. The van der Waals surface area contributed by atoms with Crippen molar-refractivity contribution in [1.82, 2.24) is 21.1 Å². The number of Topliss-reactive ketones (excluding diaryl/α,β-unsaturated/α-hetero) is 2. The molecule has 0 bridgehead atoms. The van der Waals surface area contributed by atoms with Gasteiger partial charge in [0.2, 0.25) is 0 Å². The first kappa shape index (κ1) is 32.1. The van der Waals surface area contributed by atoms with Crippen LogP contribution in [0.2, 0.25) is 0 Å². The highest BCUT2D eigenvalue weighted by atomic mass is 16.4. The molecule has 1 aliphatic rings. The number of ketones is 2. The van der Waals surface area contributed by atoms with E-state index in [1.165, 1.54) is 0 Å². The van der Waals surface area contributed by atoms with Crippen molar-refractivity contribution in [1.29, 1.82) is 0 Å². The number of amides is 1. The Labute approximate surface area is 217 Å². The van der Waals surface area contributed by atoms with Crippen molar-refractivity contribution < 1.29 is 29.1 Å². The summed E-state index contributed by atoms with van der Waals surface area (Å²) < 4.78 is 0. The summed E-state index contributed by atoms with van der Waals surface area (Å²) >= 11 is 0. The molecule has 0 aromatic carbocycles. The van der Waals surface area contributed by atoms with E-state index in [0.717, 1.165) is 11.4 Å². The molecule has 0 aromatic rings. The minimum Gasteiger partial charge on any atom is -0.481 e. The highest BCUT2D eigenvalue weighted by Gasteiger charge is 2.30. The van der Waals surface area contributed by atoms with Crippen LogP contribution in [0.4, 0.5) is 0 Å². The van der Waals surface area contributed by atoms with Gasteiger partial charge in [-0.2, -0.15) is 0 Å². The zero-order valence-corrected chi connectivity index (χ0v) is 21.3. The molecule has 1 saturated heterocycles. The number of carboxylic acid groups (broad SMARTS) is 1. The number of unbranched alkanes of at least 4 members (excludes halogenated alkanes) is 1. The van der Waals surface area contributed by atoms with Crippen molar-refractivity contribution in [3.63, 3.8) is 0 Å². The molecule has 0 aromatic heterocycles. The molecule has 1 heterocycles. The number of carboxylic acids is 1. The van der Waals surface area contributed by atoms with Gasteiger partial charge in [0.05, 0.1) is 37.6 Å². The topological polar surface area (TPSA) is 235 Å². The number of nitrogens with zero attached hydrogens (tertiary/aromatic N) is 2. The van der Waals surface area contributed by atoms with Crippen LogP contribution in [0.3, 0.4) is 0 Å². The maximum Gasteiger partial charge on any atom is 0.305 e. The molecular formula is C23H42N8O6. The number of guanidine groups is 1. The summed E-state index contributed by atoms with van der Waals surface area (Å²) in [6.07, 6.45) is 4.12. The highest BCUT2D eigenvalue weighted by molar-refractivity contribution is 5.91. The molecule has 1 amide bonds. The molecule has 0 unspecified atom stereocenters. The quantitative estimate of drug-likeness (QED) is 0.0620. The van der Waals surface area contributed by atoms with Crippen molar-refractivity contribution in [3.8, 4) is 0 Å². The van der Waals surface area contributed by atoms with Crippen molar-refractivity contribution in [2.24, 2.45) is 22.2 Å². The van der Waals surface area contributed by atoms with Gasteiger partial charge in [0.15, 0.2) is 11.7 Å². The standard InChI is InChI=1S/C23H42N8O6/c24-9-3-1-6-16-19(33)8-2-4-10-27-17(7-5-11-28-23(25)26)22(37)31(12-13-32)30-18(14-21(35)36)20(34)15-29-16/h13,16-18,27,29-30H,1-12,14-15,24H2,(H,35,36)(H4,25,26,28)/t16-,17-,18-/m0/s1. The maximum atomic E-state index is 13.3. The van der Waals surface area contributed by atoms with Crippen LogP contribution >= 0.6 is 0 Å². The number of carbonyl (C=O) groups is 5. The van der Waals surface area contributed by atoms with Gasteiger partial charge in [-0.15, -0.1) is 0 Å². The largest absolute Gasteiger partial charge is 0.481 e. The molecule has 14 heteroatoms. The van der Waals surface area contributed by atoms with Crippen LogP contribution in [-0.4, -0.2) is 96.7 Å². The number of aliphatic imine (C=N–C) groups is 1. The lowest BCUT2D eigenvalue weighted by atomic mass is 10.00. The van der Waals surface area contributed by atoms with Crippen molar-refractivity contribution >= 4 is 35.7 Å². The maximum absolute atomic E-state index is 13.3. The summed E-state index contributed by atoms with van der Waals surface area (Å²) in [5.74, 6) is -2.42. The Morgan fingerprint density at radius 2 is 1.76 bits per heavy atom. The fourth-order valence-electron chi connectivity index (χ4n) is 3.97. The van der Waals surface area contributed by atoms with E-state index in [0.29, 0.717) is 70.9 Å². The minimum atomic E-state index is -1.29. The molecule has 14 nitrogen and oxygen atoms in total. The lowest BCUT2D eigenvalue weighted by Gasteiger charge is -2.30. The van der Waals surface area contributed by atoms with E-state index in [9.17, 15) is 29.1 Å². The third kappa shape index (κ3) is 13.3. The van der Waals surface area contributed by atoms with Gasteiger partial charge in [-0.3, -0.25) is 29.2 Å². The smallest absolute Gasteiger partial charge is 0.305 e. The number of hydrogen-bond acceptors (Lipinski definition) is 10. The summed E-state index contributed by atoms with van der Waals surface area (Å²) in [6, 6.07) is -2.60. The Morgan fingerprint density at radius 3 is 2.41 bits per heavy atom. The van der Waals surface area contributed by atoms with Gasteiger partial charge in [-0.05, 0) is 51.6 Å². The summed E-state index contributed by atoms with van der Waals surface area (Å²) in [5, 5.41) is 16.4. The second-order valence-corrected chi connectivity index (χ2v) is 8.96. The number of nitrogens with two attached hydrogens (primary N) is 3. The van der Waals surface area contributed by atoms with Gasteiger partial charge in [0.25, 0.3) is 5.91 Å². The van der Waals surface area contributed by atoms with Crippen molar-refractivity contribution in [2.45, 2.75) is 75.9 Å². The molecule has 0 saturated carbocycles. The lowest BCUT2D eigenvalue weighted by Crippen LogP contribution is -2.58. The Bertz CT molecular complexity index is 789. The first-order chi connectivity index (χ1) is 17.7. The molecule has 3 atom stereocenters. The summed E-state index contributed by atoms with van der Waals surface area (Å²) in [6.45, 7) is 0.559. The summed E-state index contributed by atoms with van der Waals surface area (Å²) in [4.78, 5) is 65.8. The van der Waals surface area contributed by atoms with Crippen molar-refractivity contribution in [3.05, 3.63) is 0 Å². The Hall–Kier alpha value is -2.94. The molecule has 0 radical (unpaired) electrons. The number of hydrazine groups is 1. The van der Waals surface area contributed by atoms with Crippen LogP contribution in [0.5, 0.6) is 0 Å². The Balaban J connectivity index is 3.15. The van der Waals surface area contributed by atoms with Gasteiger partial charge in [0.1, 0.15) is 12.1 Å². The van der Waals surface area contributed by atoms with Gasteiger partial charge in [-0.1, -0.05) is 6.42 Å². The fraction of sp³-hybridized carbons (Fsp3) is 0.739. The van der Waals surface area contributed by atoms with Crippen LogP contribution in [-0.2, 0) is 24.0 Å². The molecule has 1 aliphatic heterocycles. The van der Waals surface area contributed by atoms with E-state index in [-0.39, 0.29) is 24.8 Å². The van der Waals surface area contributed by atoms with Gasteiger partial charge >= 0.3 is 5.97 Å². The summed E-state index contributed by atoms with van der Waals surface area (Å²) in [7, 11) is 0. The van der Waals surface area contributed by atoms with E-state index in [1.54, 1.807) is 0 Å². The average molecular weight is 527 g/mol. The minimum absolute atomic E-state index is 0.0325. The average Bonchev–Trinajstić information content (AvgIpc) is 2.84. The SMILES string of the molecule is NCCCC[C@@H]1NCC(=O)[C@H](CC(=O)O)NN(CC=O)C(=O)[C@H](CCCN=C(N)N)NCCCCC1=O. The van der Waals surface area contributed by atoms with Crippen LogP contribution in [0.15, 0.2) is 4.99 Å². The predicted octanol–water partition coefficient (Wildman–Crippen LogP) is -2.22. The van der Waals surface area contributed by atoms with Gasteiger partial charge in [-0.25, -0.2) is 5.43 Å². The molecule has 0 spiro atoms. The number of carbonyl (C=O) groups excluding carboxylic acids is 4. The molecule has 1 fully saturated rings. The van der Waals surface area contributed by atoms with Gasteiger partial charge < -0.3 is 37.7 Å². The summed E-state index contributed by atoms with van der Waals surface area (Å²) in [5.41, 5.74) is 18.9. The number of hydrogen-bond donors (Lipinski definition) is 7. The van der Waals surface area contributed by atoms with Crippen LogP contribution in [0, 0.1) is 0 Å². The third-order valence-electron chi connectivity index (χ3n) is 5.94. The third-order valence-corrected chi connectivity index (χ3v) is 5.94. The molecule has 10 N–H and O–H groups in total. The first-order valence-electron chi connectivity index (χ1n) is 12.7. The van der Waals surface area contributed by atoms with Crippen LogP contribution < -0.4 is 33.3 Å². The molecule has 37 heavy (non-hydrogen) atoms. The van der Waals surface area contributed by atoms with Crippen molar-refractivity contribution in [2.75, 3.05) is 32.7 Å². The highest BCUT2D eigenvalue weighted by Crippen LogP contribution is 2.10. The van der Waals surface area contributed by atoms with Crippen LogP contribution in [0.1, 0.15) is 57.8 Å². The Morgan fingerprint density at radius 1 is 1.03 bits per heavy atom. The monoisotopic (exact) mass is 526 g/mol. The second kappa shape index (κ2) is 18.3. The number of rotatable bonds is 12. The van der Waals surface area contributed by atoms with E-state index in [1.807, 2.05) is 0 Å². The molecule has 210 valence electrons. The predicted molar refractivity (Wildman–Crippen MR) is 137 cm³/mol. The molecular weight excluding hydrogens is 484 g/mol. The molecule has 1 rings (SSSR count). The van der Waals surface area contributed by atoms with Gasteiger partial charge in [0, 0.05) is 13.0 Å². The lowest BCUT2D eigenvalue weighted by molar-refractivity contribution is -0.145. The number of aliphatic carboxylic acids is 1. The van der Waals surface area contributed by atoms with E-state index < -0.39 is 42.2 Å². The van der Waals surface area contributed by atoms with E-state index >= 15 is 0 Å². The normalized spacial score (nSPS) is 22.7. The van der Waals surface area contributed by atoms with Crippen LogP contribution in [0.25, 0.3) is 0 Å². The Kier molecular flexibility index (Phi) is 15.9. The zero-order chi connectivity index (χ0) is 27.6. The first-order valence-corrected chi connectivity index (χ1v) is 12.7. The zero-order valence-electron chi connectivity index (χ0n) is 21.3.